The highest BCUT2D eigenvalue weighted by molar-refractivity contribution is 5.56. The van der Waals surface area contributed by atoms with E-state index >= 15 is 0 Å². The fourth-order valence-electron chi connectivity index (χ4n) is 3.03. The number of anilines is 1. The summed E-state index contributed by atoms with van der Waals surface area (Å²) in [6, 6.07) is 11.4. The molecule has 6 nitrogen and oxygen atoms in total. The Balaban J connectivity index is 1.73. The Hall–Kier alpha value is -3.27. The molecule has 29 heavy (non-hydrogen) atoms. The third-order valence-corrected chi connectivity index (χ3v) is 4.42. The molecule has 2 aromatic rings. The molecule has 0 radical (unpaired) electrons. The van der Waals surface area contributed by atoms with Crippen LogP contribution in [-0.4, -0.2) is 37.2 Å². The van der Waals surface area contributed by atoms with Gasteiger partial charge in [0.15, 0.2) is 11.9 Å². The molecule has 0 bridgehead atoms. The largest absolute Gasteiger partial charge is 0.491 e. The topological polar surface area (TPSA) is 70.1 Å². The predicted octanol–water partition coefficient (Wildman–Crippen LogP) is 3.73. The minimum Gasteiger partial charge on any atom is -0.491 e. The van der Waals surface area contributed by atoms with Crippen LogP contribution < -0.4 is 9.64 Å². The van der Waals surface area contributed by atoms with Crippen molar-refractivity contribution in [1.82, 2.24) is 0 Å². The number of rotatable bonds is 5. The molecule has 0 unspecified atom stereocenters. The lowest BCUT2D eigenvalue weighted by Crippen LogP contribution is -2.33. The third kappa shape index (κ3) is 4.60. The van der Waals surface area contributed by atoms with Crippen LogP contribution >= 0.6 is 0 Å². The van der Waals surface area contributed by atoms with E-state index in [9.17, 15) is 18.3 Å². The van der Waals surface area contributed by atoms with Crippen molar-refractivity contribution in [3.8, 4) is 11.8 Å². The van der Waals surface area contributed by atoms with Crippen LogP contribution in [0.3, 0.4) is 0 Å². The molecule has 0 aromatic heterocycles. The van der Waals surface area contributed by atoms with Gasteiger partial charge >= 0.3 is 6.18 Å². The van der Waals surface area contributed by atoms with Crippen molar-refractivity contribution in [2.75, 3.05) is 24.7 Å². The van der Waals surface area contributed by atoms with E-state index in [0.717, 1.165) is 12.1 Å². The van der Waals surface area contributed by atoms with Gasteiger partial charge in [0.2, 0.25) is 0 Å². The van der Waals surface area contributed by atoms with Gasteiger partial charge in [0, 0.05) is 5.69 Å². The fourth-order valence-corrected chi connectivity index (χ4v) is 3.03. The zero-order valence-corrected chi connectivity index (χ0v) is 15.1. The predicted molar refractivity (Wildman–Crippen MR) is 97.5 cm³/mol. The highest BCUT2D eigenvalue weighted by Crippen LogP contribution is 2.36. The Morgan fingerprint density at radius 3 is 2.59 bits per heavy atom. The van der Waals surface area contributed by atoms with Crippen LogP contribution in [0, 0.1) is 17.9 Å². The van der Waals surface area contributed by atoms with Crippen LogP contribution in [-0.2, 0) is 10.9 Å². The van der Waals surface area contributed by atoms with Gasteiger partial charge in [-0.1, -0.05) is 12.1 Å². The fraction of sp³-hybridized carbons (Fsp3) is 0.300. The second-order valence-corrected chi connectivity index (χ2v) is 6.30. The van der Waals surface area contributed by atoms with Crippen molar-refractivity contribution in [3.63, 3.8) is 0 Å². The Morgan fingerprint density at radius 1 is 1.28 bits per heavy atom. The number of halogens is 3. The molecule has 1 saturated heterocycles. The number of benzene rings is 2. The Kier molecular flexibility index (Phi) is 5.92. The van der Waals surface area contributed by atoms with Crippen molar-refractivity contribution in [1.29, 1.82) is 5.26 Å². The Morgan fingerprint density at radius 2 is 2.00 bits per heavy atom. The smallest absolute Gasteiger partial charge is 0.417 e. The minimum absolute atomic E-state index is 0.118. The summed E-state index contributed by atoms with van der Waals surface area (Å²) in [6.45, 7) is 6.83. The van der Waals surface area contributed by atoms with E-state index in [0.29, 0.717) is 11.4 Å². The first-order valence-electron chi connectivity index (χ1n) is 8.60. The van der Waals surface area contributed by atoms with Gasteiger partial charge in [-0.3, -0.25) is 0 Å². The normalized spacial score (nSPS) is 18.9. The summed E-state index contributed by atoms with van der Waals surface area (Å²) in [5, 5.41) is 18.5. The van der Waals surface area contributed by atoms with Gasteiger partial charge in [-0.15, -0.1) is 0 Å². The van der Waals surface area contributed by atoms with E-state index < -0.39 is 36.2 Å². The van der Waals surface area contributed by atoms with Gasteiger partial charge in [-0.2, -0.15) is 18.4 Å². The molecular weight excluding hydrogens is 387 g/mol. The van der Waals surface area contributed by atoms with Gasteiger partial charge in [0.1, 0.15) is 18.5 Å². The monoisotopic (exact) mass is 403 g/mol. The Labute approximate surface area is 165 Å². The molecule has 0 saturated carbocycles. The summed E-state index contributed by atoms with van der Waals surface area (Å²) in [7, 11) is 0. The lowest BCUT2D eigenvalue weighted by Gasteiger charge is -2.24. The van der Waals surface area contributed by atoms with E-state index in [1.807, 2.05) is 0 Å². The highest BCUT2D eigenvalue weighted by atomic mass is 19.4. The van der Waals surface area contributed by atoms with Crippen LogP contribution in [0.15, 0.2) is 42.5 Å². The van der Waals surface area contributed by atoms with Gasteiger partial charge in [0.25, 0.3) is 0 Å². The van der Waals surface area contributed by atoms with E-state index in [-0.39, 0.29) is 18.8 Å². The molecule has 2 atom stereocenters. The van der Waals surface area contributed by atoms with Gasteiger partial charge in [-0.05, 0) is 30.3 Å². The molecule has 1 aliphatic rings. The summed E-state index contributed by atoms with van der Waals surface area (Å²) in [6.07, 6.45) is -5.99. The van der Waals surface area contributed by atoms with Gasteiger partial charge < -0.3 is 19.5 Å². The number of hydrogen-bond acceptors (Lipinski definition) is 5. The van der Waals surface area contributed by atoms with Crippen molar-refractivity contribution in [3.05, 3.63) is 65.0 Å². The second kappa shape index (κ2) is 8.39. The number of alkyl halides is 3. The average Bonchev–Trinajstić information content (AvgIpc) is 3.15. The molecule has 9 heteroatoms. The number of hydrogen-bond donors (Lipinski definition) is 1. The van der Waals surface area contributed by atoms with E-state index in [2.05, 4.69) is 4.85 Å². The van der Waals surface area contributed by atoms with Crippen LogP contribution in [0.5, 0.6) is 5.75 Å². The first kappa shape index (κ1) is 20.5. The zero-order chi connectivity index (χ0) is 21.0. The van der Waals surface area contributed by atoms with Gasteiger partial charge in [-0.25, -0.2) is 4.85 Å². The SMILES string of the molecule is [C-]#[N+]c1ccc(OC[C@@H]2CN(c3ccc(C#N)c(C(F)(F)F)c3)[C@@H](CO)O2)cc1. The summed E-state index contributed by atoms with van der Waals surface area (Å²) in [4.78, 5) is 4.79. The molecule has 1 fully saturated rings. The second-order valence-electron chi connectivity index (χ2n) is 6.30. The summed E-state index contributed by atoms with van der Waals surface area (Å²) < 4.78 is 51.0. The molecule has 1 aliphatic heterocycles. The maximum Gasteiger partial charge on any atom is 0.417 e. The number of ether oxygens (including phenoxy) is 2. The lowest BCUT2D eigenvalue weighted by molar-refractivity contribution is -0.137. The molecule has 0 amide bonds. The molecular formula is C20H16F3N3O3. The van der Waals surface area contributed by atoms with Crippen LogP contribution in [0.4, 0.5) is 24.5 Å². The van der Waals surface area contributed by atoms with Crippen LogP contribution in [0.2, 0.25) is 0 Å². The van der Waals surface area contributed by atoms with Crippen molar-refractivity contribution in [2.24, 2.45) is 0 Å². The number of aliphatic hydroxyl groups excluding tert-OH is 1. The Bertz CT molecular complexity index is 949. The molecule has 0 spiro atoms. The van der Waals surface area contributed by atoms with Crippen molar-refractivity contribution >= 4 is 11.4 Å². The number of nitriles is 1. The molecule has 150 valence electrons. The number of nitrogens with zero attached hydrogens (tertiary/aromatic N) is 3. The highest BCUT2D eigenvalue weighted by Gasteiger charge is 2.37. The van der Waals surface area contributed by atoms with E-state index in [1.165, 1.54) is 11.0 Å². The van der Waals surface area contributed by atoms with Gasteiger partial charge in [0.05, 0.1) is 36.9 Å². The lowest BCUT2D eigenvalue weighted by atomic mass is 10.1. The van der Waals surface area contributed by atoms with Crippen molar-refractivity contribution < 1.29 is 27.8 Å². The summed E-state index contributed by atoms with van der Waals surface area (Å²) >= 11 is 0. The standard InChI is InChI=1S/C20H16F3N3O3/c1-25-14-3-6-16(7-4-14)28-12-17-10-26(19(11-27)29-17)15-5-2-13(9-24)18(8-15)20(21,22)23/h2-8,17,19,27H,10-12H2/t17-,19+/m0/s1. The van der Waals surface area contributed by atoms with Crippen LogP contribution in [0.1, 0.15) is 11.1 Å². The van der Waals surface area contributed by atoms with Crippen molar-refractivity contribution in [2.45, 2.75) is 18.5 Å². The first-order chi connectivity index (χ1) is 13.9. The number of aliphatic hydroxyl groups is 1. The molecule has 3 rings (SSSR count). The van der Waals surface area contributed by atoms with E-state index in [1.54, 1.807) is 30.3 Å². The summed E-state index contributed by atoms with van der Waals surface area (Å²) in [5.41, 5.74) is -0.833. The maximum absolute atomic E-state index is 13.2. The molecule has 0 aliphatic carbocycles. The average molecular weight is 403 g/mol. The zero-order valence-electron chi connectivity index (χ0n) is 15.1. The maximum atomic E-state index is 13.2. The van der Waals surface area contributed by atoms with Crippen LogP contribution in [0.25, 0.3) is 4.85 Å². The quantitative estimate of drug-likeness (QED) is 0.771. The molecule has 1 heterocycles. The summed E-state index contributed by atoms with van der Waals surface area (Å²) in [5.74, 6) is 0.526. The minimum atomic E-state index is -4.67. The molecule has 2 aromatic carbocycles. The first-order valence-corrected chi connectivity index (χ1v) is 8.60. The third-order valence-electron chi connectivity index (χ3n) is 4.42. The molecule has 1 N–H and O–H groups in total. The van der Waals surface area contributed by atoms with E-state index in [4.69, 9.17) is 21.3 Å².